The highest BCUT2D eigenvalue weighted by Crippen LogP contribution is 2.36. The topological polar surface area (TPSA) is 18.5 Å². The van der Waals surface area contributed by atoms with Crippen LogP contribution in [0.4, 0.5) is 0 Å². The second kappa shape index (κ2) is 4.63. The van der Waals surface area contributed by atoms with Crippen molar-refractivity contribution in [2.75, 3.05) is 39.8 Å². The van der Waals surface area contributed by atoms with Gasteiger partial charge in [0.2, 0.25) is 0 Å². The Morgan fingerprint density at radius 3 is 2.44 bits per heavy atom. The first-order valence-electron chi connectivity index (χ1n) is 6.99. The van der Waals surface area contributed by atoms with Crippen molar-refractivity contribution in [3.8, 4) is 0 Å². The van der Waals surface area contributed by atoms with E-state index in [4.69, 9.17) is 0 Å². The van der Waals surface area contributed by atoms with E-state index in [-0.39, 0.29) is 0 Å². The Morgan fingerprint density at radius 2 is 1.75 bits per heavy atom. The highest BCUT2D eigenvalue weighted by atomic mass is 15.3. The van der Waals surface area contributed by atoms with Crippen LogP contribution >= 0.6 is 0 Å². The summed E-state index contributed by atoms with van der Waals surface area (Å²) in [7, 11) is 2.32. The van der Waals surface area contributed by atoms with Gasteiger partial charge in [0.25, 0.3) is 0 Å². The molecule has 0 spiro atoms. The molecule has 92 valence electrons. The van der Waals surface area contributed by atoms with Gasteiger partial charge in [0.15, 0.2) is 0 Å². The standard InChI is InChI=1S/C13H25N3/c1-15-8-9-16(10-13(15)11-2-3-11)12-4-6-14-7-5-12/h11-14H,2-10H2,1H3. The molecule has 3 fully saturated rings. The predicted molar refractivity (Wildman–Crippen MR) is 66.6 cm³/mol. The van der Waals surface area contributed by atoms with Gasteiger partial charge in [-0.3, -0.25) is 4.90 Å². The van der Waals surface area contributed by atoms with Gasteiger partial charge in [-0.2, -0.15) is 0 Å². The molecule has 1 N–H and O–H groups in total. The maximum Gasteiger partial charge on any atom is 0.0249 e. The zero-order valence-corrected chi connectivity index (χ0v) is 10.5. The monoisotopic (exact) mass is 223 g/mol. The summed E-state index contributed by atoms with van der Waals surface area (Å²) >= 11 is 0. The third-order valence-electron chi connectivity index (χ3n) is 4.72. The molecule has 0 amide bonds. The van der Waals surface area contributed by atoms with Crippen molar-refractivity contribution in [2.24, 2.45) is 5.92 Å². The highest BCUT2D eigenvalue weighted by molar-refractivity contribution is 4.94. The smallest absolute Gasteiger partial charge is 0.0249 e. The first-order chi connectivity index (χ1) is 7.84. The van der Waals surface area contributed by atoms with Gasteiger partial charge in [-0.05, 0) is 51.7 Å². The van der Waals surface area contributed by atoms with Crippen LogP contribution in [-0.4, -0.2) is 61.7 Å². The van der Waals surface area contributed by atoms with Crippen LogP contribution in [0.3, 0.4) is 0 Å². The summed E-state index contributed by atoms with van der Waals surface area (Å²) in [6, 6.07) is 1.74. The van der Waals surface area contributed by atoms with E-state index in [0.717, 1.165) is 18.0 Å². The van der Waals surface area contributed by atoms with E-state index < -0.39 is 0 Å². The summed E-state index contributed by atoms with van der Waals surface area (Å²) in [4.78, 5) is 5.39. The van der Waals surface area contributed by atoms with Crippen molar-refractivity contribution in [1.29, 1.82) is 0 Å². The van der Waals surface area contributed by atoms with Gasteiger partial charge < -0.3 is 10.2 Å². The summed E-state index contributed by atoms with van der Waals surface area (Å²) in [6.45, 7) is 6.37. The average Bonchev–Trinajstić information content (AvgIpc) is 3.15. The molecule has 2 aliphatic heterocycles. The molecule has 1 unspecified atom stereocenters. The van der Waals surface area contributed by atoms with E-state index in [9.17, 15) is 0 Å². The minimum atomic E-state index is 0.864. The summed E-state index contributed by atoms with van der Waals surface area (Å²) in [5, 5.41) is 3.47. The number of nitrogens with zero attached hydrogens (tertiary/aromatic N) is 2. The number of piperidine rings is 1. The molecule has 16 heavy (non-hydrogen) atoms. The number of likely N-dealkylation sites (N-methyl/N-ethyl adjacent to an activating group) is 1. The molecular weight excluding hydrogens is 198 g/mol. The largest absolute Gasteiger partial charge is 0.317 e. The molecule has 3 nitrogen and oxygen atoms in total. The molecule has 1 aliphatic carbocycles. The van der Waals surface area contributed by atoms with Crippen LogP contribution in [0.2, 0.25) is 0 Å². The zero-order chi connectivity index (χ0) is 11.0. The fourth-order valence-corrected chi connectivity index (χ4v) is 3.42. The maximum atomic E-state index is 3.47. The van der Waals surface area contributed by atoms with Gasteiger partial charge in [0, 0.05) is 31.7 Å². The fourth-order valence-electron chi connectivity index (χ4n) is 3.42. The summed E-state index contributed by atoms with van der Waals surface area (Å²) in [6.07, 6.45) is 5.69. The van der Waals surface area contributed by atoms with Gasteiger partial charge in [0.1, 0.15) is 0 Å². The molecule has 3 aliphatic rings. The third kappa shape index (κ3) is 2.27. The van der Waals surface area contributed by atoms with Crippen molar-refractivity contribution in [1.82, 2.24) is 15.1 Å². The Kier molecular flexibility index (Phi) is 3.18. The van der Waals surface area contributed by atoms with Crippen molar-refractivity contribution in [2.45, 2.75) is 37.8 Å². The first kappa shape index (κ1) is 11.0. The van der Waals surface area contributed by atoms with Crippen molar-refractivity contribution in [3.05, 3.63) is 0 Å². The highest BCUT2D eigenvalue weighted by Gasteiger charge is 2.38. The van der Waals surface area contributed by atoms with E-state index >= 15 is 0 Å². The normalized spacial score (nSPS) is 35.4. The Morgan fingerprint density at radius 1 is 1.00 bits per heavy atom. The number of nitrogens with one attached hydrogen (secondary N) is 1. The molecule has 0 aromatic rings. The van der Waals surface area contributed by atoms with Crippen LogP contribution < -0.4 is 5.32 Å². The lowest BCUT2D eigenvalue weighted by atomic mass is 10.0. The van der Waals surface area contributed by atoms with E-state index in [0.29, 0.717) is 0 Å². The Bertz CT molecular complexity index is 233. The molecule has 0 bridgehead atoms. The number of hydrogen-bond acceptors (Lipinski definition) is 3. The second-order valence-electron chi connectivity index (χ2n) is 5.86. The Balaban J connectivity index is 1.58. The molecule has 1 saturated carbocycles. The van der Waals surface area contributed by atoms with Gasteiger partial charge in [-0.1, -0.05) is 0 Å². The first-order valence-corrected chi connectivity index (χ1v) is 6.99. The molecule has 3 heteroatoms. The molecule has 2 heterocycles. The molecule has 0 aromatic carbocycles. The molecule has 1 atom stereocenters. The van der Waals surface area contributed by atoms with E-state index in [1.54, 1.807) is 0 Å². The van der Waals surface area contributed by atoms with Gasteiger partial charge in [-0.25, -0.2) is 0 Å². The molecule has 2 saturated heterocycles. The van der Waals surface area contributed by atoms with Gasteiger partial charge >= 0.3 is 0 Å². The predicted octanol–water partition coefficient (Wildman–Crippen LogP) is 0.764. The quantitative estimate of drug-likeness (QED) is 0.746. The van der Waals surface area contributed by atoms with Crippen molar-refractivity contribution in [3.63, 3.8) is 0 Å². The lowest BCUT2D eigenvalue weighted by Gasteiger charge is -2.44. The molecule has 0 radical (unpaired) electrons. The number of piperazine rings is 1. The summed E-state index contributed by atoms with van der Waals surface area (Å²) < 4.78 is 0. The lowest BCUT2D eigenvalue weighted by molar-refractivity contribution is 0.0445. The summed E-state index contributed by atoms with van der Waals surface area (Å²) in [5.74, 6) is 1.02. The van der Waals surface area contributed by atoms with E-state index in [1.807, 2.05) is 0 Å². The SMILES string of the molecule is CN1CCN(C2CCNCC2)CC1C1CC1. The van der Waals surface area contributed by atoms with Crippen molar-refractivity contribution < 1.29 is 0 Å². The second-order valence-corrected chi connectivity index (χ2v) is 5.86. The average molecular weight is 223 g/mol. The molecular formula is C13H25N3. The van der Waals surface area contributed by atoms with Crippen LogP contribution in [0.1, 0.15) is 25.7 Å². The van der Waals surface area contributed by atoms with E-state index in [2.05, 4.69) is 22.2 Å². The Hall–Kier alpha value is -0.120. The lowest BCUT2D eigenvalue weighted by Crippen LogP contribution is -2.56. The van der Waals surface area contributed by atoms with Crippen LogP contribution in [-0.2, 0) is 0 Å². The van der Waals surface area contributed by atoms with Crippen LogP contribution in [0, 0.1) is 5.92 Å². The molecule has 3 rings (SSSR count). The third-order valence-corrected chi connectivity index (χ3v) is 4.72. The molecule has 0 aromatic heterocycles. The van der Waals surface area contributed by atoms with Crippen LogP contribution in [0.25, 0.3) is 0 Å². The Labute approximate surface area is 99.2 Å². The van der Waals surface area contributed by atoms with Crippen LogP contribution in [0.5, 0.6) is 0 Å². The fraction of sp³-hybridized carbons (Fsp3) is 1.00. The summed E-state index contributed by atoms with van der Waals surface area (Å²) in [5.41, 5.74) is 0. The van der Waals surface area contributed by atoms with Crippen molar-refractivity contribution >= 4 is 0 Å². The van der Waals surface area contributed by atoms with Crippen LogP contribution in [0.15, 0.2) is 0 Å². The van der Waals surface area contributed by atoms with Gasteiger partial charge in [-0.15, -0.1) is 0 Å². The minimum Gasteiger partial charge on any atom is -0.317 e. The minimum absolute atomic E-state index is 0.864. The number of hydrogen-bond donors (Lipinski definition) is 1. The van der Waals surface area contributed by atoms with Gasteiger partial charge in [0.05, 0.1) is 0 Å². The zero-order valence-electron chi connectivity index (χ0n) is 10.5. The van der Waals surface area contributed by atoms with E-state index in [1.165, 1.54) is 58.4 Å². The maximum absolute atomic E-state index is 3.47. The number of rotatable bonds is 2.